The van der Waals surface area contributed by atoms with Gasteiger partial charge in [-0.1, -0.05) is 59.8 Å². The summed E-state index contributed by atoms with van der Waals surface area (Å²) >= 11 is 0. The van der Waals surface area contributed by atoms with Crippen molar-refractivity contribution in [1.82, 2.24) is 0 Å². The molecule has 2 unspecified atom stereocenters. The summed E-state index contributed by atoms with van der Waals surface area (Å²) in [6.07, 6.45) is 9.76. The van der Waals surface area contributed by atoms with Crippen LogP contribution in [0, 0.1) is 11.8 Å². The molecule has 0 N–H and O–H groups in total. The Morgan fingerprint density at radius 3 is 1.63 bits per heavy atom. The van der Waals surface area contributed by atoms with Crippen molar-refractivity contribution in [2.24, 2.45) is 11.8 Å². The molecule has 0 aromatic carbocycles. The van der Waals surface area contributed by atoms with Gasteiger partial charge in [-0.05, 0) is 50.4 Å². The first-order valence-corrected chi connectivity index (χ1v) is 12.0. The molecule has 2 atom stereocenters. The predicted molar refractivity (Wildman–Crippen MR) is 118 cm³/mol. The SMILES string of the molecule is CC(C)CCCCCCOC(=O)OC1CCCC(OC(=O)OCCCCC(C)C)C1. The first kappa shape index (κ1) is 26.6. The van der Waals surface area contributed by atoms with E-state index in [0.717, 1.165) is 57.3 Å². The molecule has 30 heavy (non-hydrogen) atoms. The Morgan fingerprint density at radius 2 is 1.13 bits per heavy atom. The van der Waals surface area contributed by atoms with Crippen LogP contribution in [0.15, 0.2) is 0 Å². The van der Waals surface area contributed by atoms with Crippen molar-refractivity contribution in [2.75, 3.05) is 13.2 Å². The van der Waals surface area contributed by atoms with Gasteiger partial charge in [0, 0.05) is 6.42 Å². The highest BCUT2D eigenvalue weighted by atomic mass is 16.7. The quantitative estimate of drug-likeness (QED) is 0.218. The third kappa shape index (κ3) is 14.5. The maximum atomic E-state index is 11.9. The number of ether oxygens (including phenoxy) is 4. The maximum Gasteiger partial charge on any atom is 0.508 e. The monoisotopic (exact) mass is 428 g/mol. The lowest BCUT2D eigenvalue weighted by Crippen LogP contribution is -2.32. The smallest absolute Gasteiger partial charge is 0.434 e. The van der Waals surface area contributed by atoms with E-state index in [1.165, 1.54) is 19.3 Å². The topological polar surface area (TPSA) is 71.1 Å². The molecule has 1 rings (SSSR count). The highest BCUT2D eigenvalue weighted by Gasteiger charge is 2.28. The summed E-state index contributed by atoms with van der Waals surface area (Å²) in [5.74, 6) is 1.41. The van der Waals surface area contributed by atoms with Crippen molar-refractivity contribution < 1.29 is 28.5 Å². The van der Waals surface area contributed by atoms with Gasteiger partial charge < -0.3 is 18.9 Å². The van der Waals surface area contributed by atoms with Crippen LogP contribution in [0.3, 0.4) is 0 Å². The van der Waals surface area contributed by atoms with Gasteiger partial charge in [0.15, 0.2) is 0 Å². The van der Waals surface area contributed by atoms with Gasteiger partial charge in [0.05, 0.1) is 13.2 Å². The second-order valence-electron chi connectivity index (χ2n) is 9.33. The van der Waals surface area contributed by atoms with Gasteiger partial charge in [-0.2, -0.15) is 0 Å². The Kier molecular flexibility index (Phi) is 14.4. The second-order valence-corrected chi connectivity index (χ2v) is 9.33. The third-order valence-corrected chi connectivity index (χ3v) is 5.40. The number of hydrogen-bond donors (Lipinski definition) is 0. The Hall–Kier alpha value is -1.46. The standard InChI is InChI=1S/C24H44O6/c1-19(2)12-7-5-6-9-16-27-23(25)29-21-14-11-15-22(18-21)30-24(26)28-17-10-8-13-20(3)4/h19-22H,5-18H2,1-4H3. The van der Waals surface area contributed by atoms with Gasteiger partial charge in [-0.25, -0.2) is 9.59 Å². The van der Waals surface area contributed by atoms with Crippen molar-refractivity contribution in [3.8, 4) is 0 Å². The lowest BCUT2D eigenvalue weighted by molar-refractivity contribution is -0.0350. The van der Waals surface area contributed by atoms with Crippen molar-refractivity contribution in [3.63, 3.8) is 0 Å². The van der Waals surface area contributed by atoms with Gasteiger partial charge in [0.1, 0.15) is 12.2 Å². The van der Waals surface area contributed by atoms with Crippen LogP contribution in [0.5, 0.6) is 0 Å². The Morgan fingerprint density at radius 1 is 0.700 bits per heavy atom. The van der Waals surface area contributed by atoms with Crippen molar-refractivity contribution in [3.05, 3.63) is 0 Å². The maximum absolute atomic E-state index is 11.9. The zero-order chi connectivity index (χ0) is 22.2. The van der Waals surface area contributed by atoms with E-state index in [-0.39, 0.29) is 12.2 Å². The molecule has 1 aliphatic carbocycles. The van der Waals surface area contributed by atoms with Gasteiger partial charge in [0.25, 0.3) is 0 Å². The minimum atomic E-state index is -0.620. The molecule has 6 heteroatoms. The Labute approximate surface area is 183 Å². The minimum absolute atomic E-state index is 0.263. The molecule has 0 amide bonds. The van der Waals surface area contributed by atoms with E-state index in [2.05, 4.69) is 27.7 Å². The van der Waals surface area contributed by atoms with Crippen LogP contribution in [0.4, 0.5) is 9.59 Å². The molecule has 0 saturated heterocycles. The minimum Gasteiger partial charge on any atom is -0.434 e. The molecule has 1 fully saturated rings. The van der Waals surface area contributed by atoms with E-state index in [1.807, 2.05) is 0 Å². The molecule has 0 aromatic rings. The summed E-state index contributed by atoms with van der Waals surface area (Å²) in [7, 11) is 0. The first-order chi connectivity index (χ1) is 14.4. The highest BCUT2D eigenvalue weighted by Crippen LogP contribution is 2.24. The summed E-state index contributed by atoms with van der Waals surface area (Å²) in [5, 5.41) is 0. The average molecular weight is 429 g/mol. The zero-order valence-electron chi connectivity index (χ0n) is 19.7. The average Bonchev–Trinajstić information content (AvgIpc) is 2.66. The molecule has 0 bridgehead atoms. The predicted octanol–water partition coefficient (Wildman–Crippen LogP) is 7.04. The van der Waals surface area contributed by atoms with Crippen LogP contribution >= 0.6 is 0 Å². The van der Waals surface area contributed by atoms with Crippen molar-refractivity contribution in [1.29, 1.82) is 0 Å². The Bertz CT molecular complexity index is 463. The van der Waals surface area contributed by atoms with Gasteiger partial charge >= 0.3 is 12.3 Å². The number of carbonyl (C=O) groups excluding carboxylic acids is 2. The molecular formula is C24H44O6. The fraction of sp³-hybridized carbons (Fsp3) is 0.917. The number of carbonyl (C=O) groups is 2. The highest BCUT2D eigenvalue weighted by molar-refractivity contribution is 5.60. The van der Waals surface area contributed by atoms with Gasteiger partial charge in [-0.3, -0.25) is 0 Å². The van der Waals surface area contributed by atoms with E-state index in [1.54, 1.807) is 0 Å². The molecular weight excluding hydrogens is 384 g/mol. The fourth-order valence-electron chi connectivity index (χ4n) is 3.63. The zero-order valence-corrected chi connectivity index (χ0v) is 19.7. The molecule has 0 spiro atoms. The van der Waals surface area contributed by atoms with E-state index < -0.39 is 12.3 Å². The second kappa shape index (κ2) is 16.3. The summed E-state index contributed by atoms with van der Waals surface area (Å²) in [6, 6.07) is 0. The number of rotatable bonds is 14. The molecule has 0 radical (unpaired) electrons. The van der Waals surface area contributed by atoms with Crippen molar-refractivity contribution in [2.45, 2.75) is 117 Å². The summed E-state index contributed by atoms with van der Waals surface area (Å²) in [5.41, 5.74) is 0. The molecule has 1 aliphatic rings. The molecule has 0 heterocycles. The van der Waals surface area contributed by atoms with Crippen LogP contribution in [0.25, 0.3) is 0 Å². The van der Waals surface area contributed by atoms with Crippen LogP contribution in [0.1, 0.15) is 105 Å². The largest absolute Gasteiger partial charge is 0.508 e. The number of unbranched alkanes of at least 4 members (excludes halogenated alkanes) is 4. The van der Waals surface area contributed by atoms with Gasteiger partial charge in [0.2, 0.25) is 0 Å². The Balaban J connectivity index is 2.09. The van der Waals surface area contributed by atoms with Crippen LogP contribution in [0.2, 0.25) is 0 Å². The van der Waals surface area contributed by atoms with E-state index in [4.69, 9.17) is 18.9 Å². The van der Waals surface area contributed by atoms with Gasteiger partial charge in [-0.15, -0.1) is 0 Å². The molecule has 1 saturated carbocycles. The van der Waals surface area contributed by atoms with Crippen LogP contribution in [-0.2, 0) is 18.9 Å². The molecule has 0 aliphatic heterocycles. The molecule has 176 valence electrons. The molecule has 6 nitrogen and oxygen atoms in total. The lowest BCUT2D eigenvalue weighted by atomic mass is 9.95. The normalized spacial score (nSPS) is 19.0. The molecule has 0 aromatic heterocycles. The van der Waals surface area contributed by atoms with Crippen LogP contribution in [-0.4, -0.2) is 37.7 Å². The van der Waals surface area contributed by atoms with E-state index in [0.29, 0.717) is 25.6 Å². The summed E-state index contributed by atoms with van der Waals surface area (Å²) in [6.45, 7) is 9.62. The van der Waals surface area contributed by atoms with Crippen molar-refractivity contribution >= 4 is 12.3 Å². The fourth-order valence-corrected chi connectivity index (χ4v) is 3.63. The summed E-state index contributed by atoms with van der Waals surface area (Å²) in [4.78, 5) is 23.7. The van der Waals surface area contributed by atoms with Crippen LogP contribution < -0.4 is 0 Å². The summed E-state index contributed by atoms with van der Waals surface area (Å²) < 4.78 is 21.1. The number of hydrogen-bond acceptors (Lipinski definition) is 6. The lowest BCUT2D eigenvalue weighted by Gasteiger charge is -2.28. The third-order valence-electron chi connectivity index (χ3n) is 5.40. The van der Waals surface area contributed by atoms with E-state index in [9.17, 15) is 9.59 Å². The van der Waals surface area contributed by atoms with E-state index >= 15 is 0 Å². The first-order valence-electron chi connectivity index (χ1n) is 12.0.